The molecule has 0 radical (unpaired) electrons. The van der Waals surface area contributed by atoms with Crippen molar-refractivity contribution in [1.29, 1.82) is 0 Å². The first-order chi connectivity index (χ1) is 15.1. The first-order valence-electron chi connectivity index (χ1n) is 14.8. The van der Waals surface area contributed by atoms with Gasteiger partial charge in [0.2, 0.25) is 0 Å². The van der Waals surface area contributed by atoms with Crippen molar-refractivity contribution in [3.8, 4) is 0 Å². The predicted octanol–water partition coefficient (Wildman–Crippen LogP) is 10.6. The van der Waals surface area contributed by atoms with E-state index in [9.17, 15) is 0 Å². The summed E-state index contributed by atoms with van der Waals surface area (Å²) in [6.07, 6.45) is 20.8. The van der Waals surface area contributed by atoms with Crippen molar-refractivity contribution in [3.05, 3.63) is 11.6 Å². The highest BCUT2D eigenvalue weighted by atomic mass is 14.5. The van der Waals surface area contributed by atoms with Crippen LogP contribution in [0.5, 0.6) is 0 Å². The standard InChI is InChI=1S/C27H46.2C2H6.H2/c1-5-20-9-11-23-21(17-20)10-12-26-25(23)16-15-24-22(13-14-27(24)26)19(4)8-6-7-18(2)3;2*1-2;/h10,18-20,22-27H,5-9,11-17H2,1-4H3;2*1-2H3;1H/t19-,20+,22-,23?,24?,25-,26?,27-;;;/m1.../s1. The Morgan fingerprint density at radius 3 is 2.16 bits per heavy atom. The lowest BCUT2D eigenvalue weighted by Gasteiger charge is -2.50. The molecule has 3 unspecified atom stereocenters. The SMILES string of the molecule is CC.CC.CC[C@H]1CCC2C(=CCC3[C@@H]2CCC2[C@H]3CC[C@@H]2[C@H](C)CCCC(C)C)C1.[HH]. The third-order valence-electron chi connectivity index (χ3n) is 9.67. The van der Waals surface area contributed by atoms with Crippen LogP contribution in [0.15, 0.2) is 11.6 Å². The van der Waals surface area contributed by atoms with Gasteiger partial charge in [-0.2, -0.15) is 0 Å². The summed E-state index contributed by atoms with van der Waals surface area (Å²) < 4.78 is 0. The first-order valence-corrected chi connectivity index (χ1v) is 14.8. The molecule has 4 aliphatic carbocycles. The fraction of sp³-hybridized carbons (Fsp3) is 0.935. The second-order valence-electron chi connectivity index (χ2n) is 11.5. The molecule has 0 amide bonds. The predicted molar refractivity (Wildman–Crippen MR) is 142 cm³/mol. The fourth-order valence-corrected chi connectivity index (χ4v) is 8.17. The second kappa shape index (κ2) is 13.4. The lowest BCUT2D eigenvalue weighted by atomic mass is 9.55. The smallest absolute Gasteiger partial charge is 0 e. The van der Waals surface area contributed by atoms with E-state index in [-0.39, 0.29) is 1.43 Å². The van der Waals surface area contributed by atoms with E-state index in [1.54, 1.807) is 25.7 Å². The van der Waals surface area contributed by atoms with Crippen LogP contribution in [0.3, 0.4) is 0 Å². The Hall–Kier alpha value is -0.260. The van der Waals surface area contributed by atoms with E-state index in [2.05, 4.69) is 33.8 Å². The molecule has 8 atom stereocenters. The van der Waals surface area contributed by atoms with Crippen LogP contribution in [0.1, 0.15) is 134 Å². The summed E-state index contributed by atoms with van der Waals surface area (Å²) >= 11 is 0. The van der Waals surface area contributed by atoms with Gasteiger partial charge in [0.25, 0.3) is 0 Å². The van der Waals surface area contributed by atoms with Gasteiger partial charge in [0.1, 0.15) is 0 Å². The summed E-state index contributed by atoms with van der Waals surface area (Å²) in [5, 5.41) is 0. The molecule has 0 N–H and O–H groups in total. The molecule has 4 rings (SSSR count). The van der Waals surface area contributed by atoms with E-state index < -0.39 is 0 Å². The minimum absolute atomic E-state index is 0. The normalized spacial score (nSPS) is 37.2. The lowest BCUT2D eigenvalue weighted by Crippen LogP contribution is -2.41. The van der Waals surface area contributed by atoms with E-state index in [0.717, 1.165) is 53.3 Å². The average Bonchev–Trinajstić information content (AvgIpc) is 3.25. The van der Waals surface area contributed by atoms with Crippen LogP contribution in [0.2, 0.25) is 0 Å². The maximum absolute atomic E-state index is 2.76. The number of hydrogen-bond acceptors (Lipinski definition) is 0. The van der Waals surface area contributed by atoms with Crippen LogP contribution >= 0.6 is 0 Å². The Kier molecular flexibility index (Phi) is 11.7. The van der Waals surface area contributed by atoms with E-state index in [1.165, 1.54) is 51.4 Å². The molecule has 184 valence electrons. The molecular weight excluding hydrogens is 372 g/mol. The van der Waals surface area contributed by atoms with Crippen molar-refractivity contribution >= 4 is 0 Å². The Bertz CT molecular complexity index is 521. The molecule has 0 nitrogen and oxygen atoms in total. The van der Waals surface area contributed by atoms with Gasteiger partial charge in [0.15, 0.2) is 0 Å². The van der Waals surface area contributed by atoms with Crippen LogP contribution < -0.4 is 0 Å². The van der Waals surface area contributed by atoms with Crippen molar-refractivity contribution < 1.29 is 1.43 Å². The van der Waals surface area contributed by atoms with Crippen LogP contribution in [-0.4, -0.2) is 0 Å². The van der Waals surface area contributed by atoms with Crippen molar-refractivity contribution in [2.24, 2.45) is 53.3 Å². The van der Waals surface area contributed by atoms with Gasteiger partial charge < -0.3 is 0 Å². The summed E-state index contributed by atoms with van der Waals surface area (Å²) in [6.45, 7) is 17.8. The minimum Gasteiger partial charge on any atom is -0.0847 e. The van der Waals surface area contributed by atoms with E-state index in [0.29, 0.717) is 0 Å². The molecule has 0 aromatic rings. The monoisotopic (exact) mass is 432 g/mol. The maximum atomic E-state index is 2.76. The van der Waals surface area contributed by atoms with E-state index >= 15 is 0 Å². The highest BCUT2D eigenvalue weighted by Crippen LogP contribution is 2.59. The molecule has 0 heterocycles. The summed E-state index contributed by atoms with van der Waals surface area (Å²) in [7, 11) is 0. The van der Waals surface area contributed by atoms with Gasteiger partial charge in [-0.1, -0.05) is 92.7 Å². The third kappa shape index (κ3) is 6.41. The molecule has 0 aliphatic heterocycles. The first kappa shape index (κ1) is 27.0. The van der Waals surface area contributed by atoms with Crippen LogP contribution in [0, 0.1) is 53.3 Å². The molecule has 0 spiro atoms. The molecule has 0 bridgehead atoms. The van der Waals surface area contributed by atoms with Crippen molar-refractivity contribution in [3.63, 3.8) is 0 Å². The van der Waals surface area contributed by atoms with Gasteiger partial charge in [-0.15, -0.1) is 0 Å². The Balaban J connectivity index is 0.000000971. The van der Waals surface area contributed by atoms with Gasteiger partial charge >= 0.3 is 0 Å². The van der Waals surface area contributed by atoms with Crippen LogP contribution in [0.25, 0.3) is 0 Å². The fourth-order valence-electron chi connectivity index (χ4n) is 8.17. The van der Waals surface area contributed by atoms with Crippen LogP contribution in [0.4, 0.5) is 0 Å². The highest BCUT2D eigenvalue weighted by Gasteiger charge is 2.50. The summed E-state index contributed by atoms with van der Waals surface area (Å²) in [5.74, 6) is 9.22. The zero-order valence-corrected chi connectivity index (χ0v) is 22.8. The summed E-state index contributed by atoms with van der Waals surface area (Å²) in [5.41, 5.74) is 1.91. The lowest BCUT2D eigenvalue weighted by molar-refractivity contribution is 0.0381. The Morgan fingerprint density at radius 2 is 1.48 bits per heavy atom. The van der Waals surface area contributed by atoms with Crippen molar-refractivity contribution in [2.45, 2.75) is 132 Å². The molecule has 0 heteroatoms. The molecule has 3 saturated carbocycles. The number of allylic oxidation sites excluding steroid dienone is 2. The van der Waals surface area contributed by atoms with E-state index in [4.69, 9.17) is 0 Å². The maximum Gasteiger partial charge on any atom is 0 e. The van der Waals surface area contributed by atoms with Crippen LogP contribution in [-0.2, 0) is 0 Å². The summed E-state index contributed by atoms with van der Waals surface area (Å²) in [4.78, 5) is 0. The third-order valence-corrected chi connectivity index (χ3v) is 9.67. The van der Waals surface area contributed by atoms with Crippen molar-refractivity contribution in [2.75, 3.05) is 0 Å². The quantitative estimate of drug-likeness (QED) is 0.366. The molecule has 31 heavy (non-hydrogen) atoms. The molecule has 0 aromatic carbocycles. The Morgan fingerprint density at radius 1 is 0.806 bits per heavy atom. The van der Waals surface area contributed by atoms with E-state index in [1.807, 2.05) is 33.3 Å². The number of hydrogen-bond donors (Lipinski definition) is 0. The van der Waals surface area contributed by atoms with Gasteiger partial charge in [-0.3, -0.25) is 0 Å². The van der Waals surface area contributed by atoms with Gasteiger partial charge in [0.05, 0.1) is 0 Å². The number of rotatable bonds is 6. The molecule has 3 fully saturated rings. The second-order valence-corrected chi connectivity index (χ2v) is 11.5. The van der Waals surface area contributed by atoms with Gasteiger partial charge in [-0.05, 0) is 105 Å². The zero-order valence-electron chi connectivity index (χ0n) is 22.8. The average molecular weight is 433 g/mol. The largest absolute Gasteiger partial charge is 0.0847 e. The molecule has 4 aliphatic rings. The molecular formula is C31H60. The highest BCUT2D eigenvalue weighted by molar-refractivity contribution is 5.18. The van der Waals surface area contributed by atoms with Gasteiger partial charge in [0, 0.05) is 1.43 Å². The zero-order chi connectivity index (χ0) is 23.0. The Labute approximate surface area is 198 Å². The molecule has 0 saturated heterocycles. The minimum atomic E-state index is 0. The summed E-state index contributed by atoms with van der Waals surface area (Å²) in [6, 6.07) is 0. The topological polar surface area (TPSA) is 0 Å². The van der Waals surface area contributed by atoms with Crippen molar-refractivity contribution in [1.82, 2.24) is 0 Å². The molecule has 0 aromatic heterocycles. The number of fused-ring (bicyclic) bond motifs is 5. The van der Waals surface area contributed by atoms with Gasteiger partial charge in [-0.25, -0.2) is 0 Å².